The average Bonchev–Trinajstić information content (AvgIpc) is 2.26. The summed E-state index contributed by atoms with van der Waals surface area (Å²) in [5.74, 6) is 0.225. The maximum Gasteiger partial charge on any atom is 0.283 e. The molecular formula is C12H16BrClN2O3. The van der Waals surface area contributed by atoms with Crippen LogP contribution in [0.2, 0.25) is 0 Å². The normalized spacial score (nSPS) is 18.1. The fourth-order valence-electron chi connectivity index (χ4n) is 2.15. The number of nitro groups is 1. The van der Waals surface area contributed by atoms with Crippen molar-refractivity contribution in [2.45, 2.75) is 31.4 Å². The van der Waals surface area contributed by atoms with Gasteiger partial charge in [0, 0.05) is 6.07 Å². The van der Waals surface area contributed by atoms with E-state index < -0.39 is 17.1 Å². The molecule has 0 bridgehead atoms. The number of aliphatic hydroxyl groups is 1. The molecule has 1 aliphatic carbocycles. The SMILES string of the molecule is Cl.N[C@H](c1ccc(Br)c([N+](=O)[O-])c1)[C@@H](O)C1CCC1. The van der Waals surface area contributed by atoms with Gasteiger partial charge in [-0.05, 0) is 46.3 Å². The highest BCUT2D eigenvalue weighted by Crippen LogP contribution is 2.35. The molecule has 1 aliphatic rings. The lowest BCUT2D eigenvalue weighted by molar-refractivity contribution is -0.385. The molecule has 1 aromatic rings. The molecule has 0 heterocycles. The van der Waals surface area contributed by atoms with E-state index in [0.29, 0.717) is 10.0 Å². The second-order valence-corrected chi connectivity index (χ2v) is 5.53. The zero-order valence-electron chi connectivity index (χ0n) is 10.2. The maximum absolute atomic E-state index is 10.8. The van der Waals surface area contributed by atoms with Crippen molar-refractivity contribution >= 4 is 34.0 Å². The Kier molecular flexibility index (Phi) is 5.73. The third kappa shape index (κ3) is 3.45. The van der Waals surface area contributed by atoms with E-state index in [1.54, 1.807) is 12.1 Å². The van der Waals surface area contributed by atoms with Gasteiger partial charge < -0.3 is 10.8 Å². The Labute approximate surface area is 125 Å². The highest BCUT2D eigenvalue weighted by Gasteiger charge is 2.31. The van der Waals surface area contributed by atoms with E-state index >= 15 is 0 Å². The van der Waals surface area contributed by atoms with Crippen LogP contribution in [0.5, 0.6) is 0 Å². The number of aliphatic hydroxyl groups excluding tert-OH is 1. The van der Waals surface area contributed by atoms with Gasteiger partial charge in [-0.3, -0.25) is 10.1 Å². The number of nitro benzene ring substituents is 1. The van der Waals surface area contributed by atoms with Gasteiger partial charge in [-0.1, -0.05) is 12.5 Å². The van der Waals surface area contributed by atoms with Crippen molar-refractivity contribution in [3.05, 3.63) is 38.3 Å². The monoisotopic (exact) mass is 350 g/mol. The topological polar surface area (TPSA) is 89.4 Å². The molecule has 1 saturated carbocycles. The van der Waals surface area contributed by atoms with E-state index in [4.69, 9.17) is 5.73 Å². The fraction of sp³-hybridized carbons (Fsp3) is 0.500. The zero-order valence-corrected chi connectivity index (χ0v) is 12.6. The van der Waals surface area contributed by atoms with E-state index in [-0.39, 0.29) is 24.0 Å². The van der Waals surface area contributed by atoms with E-state index in [9.17, 15) is 15.2 Å². The first-order valence-electron chi connectivity index (χ1n) is 5.88. The lowest BCUT2D eigenvalue weighted by Gasteiger charge is -2.33. The van der Waals surface area contributed by atoms with Crippen molar-refractivity contribution in [1.29, 1.82) is 0 Å². The van der Waals surface area contributed by atoms with Crippen LogP contribution in [0.4, 0.5) is 5.69 Å². The highest BCUT2D eigenvalue weighted by atomic mass is 79.9. The van der Waals surface area contributed by atoms with Crippen LogP contribution in [0, 0.1) is 16.0 Å². The third-order valence-electron chi connectivity index (χ3n) is 3.55. The lowest BCUT2D eigenvalue weighted by Crippen LogP contribution is -2.36. The standard InChI is InChI=1S/C12H15BrN2O3.ClH/c13-9-5-4-8(6-10(9)15(17)18)11(14)12(16)7-2-1-3-7;/h4-7,11-12,16H,1-3,14H2;1H/t11-,12+;/m1./s1. The molecule has 0 unspecified atom stereocenters. The van der Waals surface area contributed by atoms with Gasteiger partial charge in [0.1, 0.15) is 0 Å². The van der Waals surface area contributed by atoms with Crippen LogP contribution >= 0.6 is 28.3 Å². The molecule has 2 rings (SSSR count). The number of hydrogen-bond donors (Lipinski definition) is 2. The molecule has 7 heteroatoms. The van der Waals surface area contributed by atoms with E-state index in [1.165, 1.54) is 6.07 Å². The summed E-state index contributed by atoms with van der Waals surface area (Å²) in [6, 6.07) is 4.17. The number of halogens is 2. The van der Waals surface area contributed by atoms with E-state index in [0.717, 1.165) is 19.3 Å². The summed E-state index contributed by atoms with van der Waals surface area (Å²) >= 11 is 3.13. The molecule has 0 radical (unpaired) electrons. The second-order valence-electron chi connectivity index (χ2n) is 4.68. The van der Waals surface area contributed by atoms with Crippen LogP contribution < -0.4 is 5.73 Å². The molecule has 0 saturated heterocycles. The smallest absolute Gasteiger partial charge is 0.283 e. The minimum atomic E-state index is -0.625. The Bertz CT molecular complexity index is 468. The minimum Gasteiger partial charge on any atom is -0.391 e. The Morgan fingerprint density at radius 3 is 2.58 bits per heavy atom. The minimum absolute atomic E-state index is 0. The summed E-state index contributed by atoms with van der Waals surface area (Å²) in [6.45, 7) is 0. The molecular weight excluding hydrogens is 336 g/mol. The number of rotatable bonds is 4. The first kappa shape index (κ1) is 16.4. The predicted octanol–water partition coefficient (Wildman–Crippen LogP) is 2.94. The molecule has 5 nitrogen and oxygen atoms in total. The summed E-state index contributed by atoms with van der Waals surface area (Å²) in [4.78, 5) is 10.4. The van der Waals surface area contributed by atoms with Gasteiger partial charge in [0.15, 0.2) is 0 Å². The van der Waals surface area contributed by atoms with Crippen LogP contribution in [0.15, 0.2) is 22.7 Å². The van der Waals surface area contributed by atoms with Crippen LogP contribution in [0.3, 0.4) is 0 Å². The zero-order chi connectivity index (χ0) is 13.3. The number of benzene rings is 1. The molecule has 106 valence electrons. The van der Waals surface area contributed by atoms with E-state index in [1.807, 2.05) is 0 Å². The molecule has 2 atom stereocenters. The number of hydrogen-bond acceptors (Lipinski definition) is 4. The number of nitrogens with zero attached hydrogens (tertiary/aromatic N) is 1. The summed E-state index contributed by atoms with van der Waals surface area (Å²) < 4.78 is 0.418. The molecule has 0 spiro atoms. The van der Waals surface area contributed by atoms with Gasteiger partial charge in [-0.2, -0.15) is 0 Å². The molecule has 0 amide bonds. The van der Waals surface area contributed by atoms with Crippen LogP contribution in [0.25, 0.3) is 0 Å². The summed E-state index contributed by atoms with van der Waals surface area (Å²) in [7, 11) is 0. The largest absolute Gasteiger partial charge is 0.391 e. The highest BCUT2D eigenvalue weighted by molar-refractivity contribution is 9.10. The first-order valence-corrected chi connectivity index (χ1v) is 6.67. The van der Waals surface area contributed by atoms with Crippen molar-refractivity contribution in [3.63, 3.8) is 0 Å². The van der Waals surface area contributed by atoms with Crippen molar-refractivity contribution in [2.24, 2.45) is 11.7 Å². The van der Waals surface area contributed by atoms with Gasteiger partial charge in [0.2, 0.25) is 0 Å². The molecule has 0 aliphatic heterocycles. The summed E-state index contributed by atoms with van der Waals surface area (Å²) in [5.41, 5.74) is 6.56. The van der Waals surface area contributed by atoms with Gasteiger partial charge in [0.05, 0.1) is 21.5 Å². The van der Waals surface area contributed by atoms with E-state index in [2.05, 4.69) is 15.9 Å². The quantitative estimate of drug-likeness (QED) is 0.644. The lowest BCUT2D eigenvalue weighted by atomic mass is 9.77. The van der Waals surface area contributed by atoms with Crippen molar-refractivity contribution in [2.75, 3.05) is 0 Å². The molecule has 19 heavy (non-hydrogen) atoms. The van der Waals surface area contributed by atoms with Gasteiger partial charge in [-0.25, -0.2) is 0 Å². The molecule has 1 fully saturated rings. The fourth-order valence-corrected chi connectivity index (χ4v) is 2.54. The summed E-state index contributed by atoms with van der Waals surface area (Å²) in [5, 5.41) is 20.9. The predicted molar refractivity (Wildman–Crippen MR) is 78.3 cm³/mol. The van der Waals surface area contributed by atoms with Crippen molar-refractivity contribution in [3.8, 4) is 0 Å². The second kappa shape index (κ2) is 6.65. The third-order valence-corrected chi connectivity index (χ3v) is 4.22. The Morgan fingerprint density at radius 1 is 1.47 bits per heavy atom. The average molecular weight is 352 g/mol. The van der Waals surface area contributed by atoms with Gasteiger partial charge >= 0.3 is 0 Å². The summed E-state index contributed by atoms with van der Waals surface area (Å²) in [6.07, 6.45) is 2.45. The number of nitrogens with two attached hydrogens (primary N) is 1. The molecule has 3 N–H and O–H groups in total. The van der Waals surface area contributed by atoms with Crippen LogP contribution in [-0.4, -0.2) is 16.1 Å². The van der Waals surface area contributed by atoms with Crippen LogP contribution in [0.1, 0.15) is 30.9 Å². The van der Waals surface area contributed by atoms with Gasteiger partial charge in [-0.15, -0.1) is 12.4 Å². The molecule has 1 aromatic carbocycles. The Morgan fingerprint density at radius 2 is 2.11 bits per heavy atom. The van der Waals surface area contributed by atoms with Crippen molar-refractivity contribution < 1.29 is 10.0 Å². The van der Waals surface area contributed by atoms with Gasteiger partial charge in [0.25, 0.3) is 5.69 Å². The first-order chi connectivity index (χ1) is 8.50. The van der Waals surface area contributed by atoms with Crippen LogP contribution in [-0.2, 0) is 0 Å². The molecule has 0 aromatic heterocycles. The van der Waals surface area contributed by atoms with Crippen molar-refractivity contribution in [1.82, 2.24) is 0 Å². The Hall–Kier alpha value is -0.690. The maximum atomic E-state index is 10.8. The Balaban J connectivity index is 0.00000180.